The molecule has 0 unspecified atom stereocenters. The van der Waals surface area contributed by atoms with Crippen molar-refractivity contribution in [3.8, 4) is 0 Å². The van der Waals surface area contributed by atoms with E-state index in [1.165, 1.54) is 27.8 Å². The molecule has 3 aromatic rings. The first-order chi connectivity index (χ1) is 21.9. The summed E-state index contributed by atoms with van der Waals surface area (Å²) < 4.78 is 0. The lowest BCUT2D eigenvalue weighted by Crippen LogP contribution is -2.22. The van der Waals surface area contributed by atoms with E-state index in [2.05, 4.69) is 155 Å². The van der Waals surface area contributed by atoms with E-state index in [1.807, 2.05) is 27.7 Å². The normalized spacial score (nSPS) is 13.1. The van der Waals surface area contributed by atoms with Gasteiger partial charge in [0.15, 0.2) is 0 Å². The molecule has 2 N–H and O–H groups in total. The maximum absolute atomic E-state index is 5.22. The van der Waals surface area contributed by atoms with Crippen LogP contribution in [0.2, 0.25) is 0 Å². The predicted molar refractivity (Wildman–Crippen MR) is 199 cm³/mol. The molecule has 1 aliphatic heterocycles. The molecule has 0 fully saturated rings. The van der Waals surface area contributed by atoms with Gasteiger partial charge in [0.1, 0.15) is 0 Å². The molecule has 0 radical (unpaired) electrons. The first kappa shape index (κ1) is 37.1. The Morgan fingerprint density at radius 1 is 0.867 bits per heavy atom. The molecule has 0 atom stereocenters. The number of hydrogen-bond donors (Lipinski definition) is 2. The number of hydrogen-bond acceptors (Lipinski definition) is 3. The van der Waals surface area contributed by atoms with Gasteiger partial charge in [0.2, 0.25) is 0 Å². The van der Waals surface area contributed by atoms with Crippen LogP contribution >= 0.6 is 0 Å². The molecule has 0 aliphatic carbocycles. The molecular weight excluding hydrogens is 546 g/mol. The Labute approximate surface area is 275 Å². The number of likely N-dealkylation sites (N-methyl/N-ethyl adjacent to an activating group) is 1. The molecule has 1 aliphatic rings. The lowest BCUT2D eigenvalue weighted by Gasteiger charge is -2.23. The summed E-state index contributed by atoms with van der Waals surface area (Å²) in [5, 5.41) is 7.16. The van der Waals surface area contributed by atoms with Crippen LogP contribution in [-0.2, 0) is 5.41 Å². The van der Waals surface area contributed by atoms with Gasteiger partial charge >= 0.3 is 0 Å². The Morgan fingerprint density at radius 2 is 1.42 bits per heavy atom. The van der Waals surface area contributed by atoms with Crippen molar-refractivity contribution >= 4 is 5.71 Å². The topological polar surface area (TPSA) is 36.4 Å². The Balaban J connectivity index is 0.00000169. The van der Waals surface area contributed by atoms with Crippen molar-refractivity contribution in [1.29, 1.82) is 0 Å². The van der Waals surface area contributed by atoms with Crippen molar-refractivity contribution in [3.63, 3.8) is 0 Å². The fourth-order valence-electron chi connectivity index (χ4n) is 5.16. The standard InChI is InChI=1S/C38H45N3.2C2H6/c1-7-34(39-9-3)22-16-21-32-27-35(29-23-25-33(26-24-29)38(5,6)8-2)41-36(32)28(4)40-37(30-17-12-10-13-18-30)31-19-14-11-15-20-31;2*1-2/h7,10-20,22-26,37,39-40H,4,8-9,21,27H2,1-3,5-6H3;2*1-2H3/b22-16-,34-7+;;. The largest absolute Gasteiger partial charge is 0.386 e. The molecule has 0 spiro atoms. The van der Waals surface area contributed by atoms with E-state index in [9.17, 15) is 0 Å². The lowest BCUT2D eigenvalue weighted by atomic mass is 9.82. The Kier molecular flexibility index (Phi) is 15.9. The van der Waals surface area contributed by atoms with E-state index in [4.69, 9.17) is 4.99 Å². The van der Waals surface area contributed by atoms with Gasteiger partial charge in [-0.3, -0.25) is 4.99 Å². The number of aliphatic imine (C=N–C) groups is 1. The zero-order valence-electron chi connectivity index (χ0n) is 29.4. The summed E-state index contributed by atoms with van der Waals surface area (Å²) in [5.41, 5.74) is 10.4. The second-order valence-corrected chi connectivity index (χ2v) is 11.3. The zero-order chi connectivity index (χ0) is 33.2. The van der Waals surface area contributed by atoms with Crippen LogP contribution in [0.5, 0.6) is 0 Å². The van der Waals surface area contributed by atoms with E-state index in [1.54, 1.807) is 0 Å². The molecule has 1 heterocycles. The van der Waals surface area contributed by atoms with Crippen LogP contribution < -0.4 is 10.6 Å². The molecular formula is C42H57N3. The van der Waals surface area contributed by atoms with Gasteiger partial charge in [0.25, 0.3) is 0 Å². The van der Waals surface area contributed by atoms with Crippen LogP contribution in [0.3, 0.4) is 0 Å². The van der Waals surface area contributed by atoms with Crippen molar-refractivity contribution in [2.75, 3.05) is 6.54 Å². The molecule has 3 aromatic carbocycles. The average molecular weight is 604 g/mol. The number of nitrogens with one attached hydrogen (secondary N) is 2. The SMILES string of the molecule is C=C(NC(c1ccccc1)c1ccccc1)C1=C(C/C=C\C(=C/C)NCC)CC(c2ccc(C(C)(C)CC)cc2)=N1.CC.CC. The van der Waals surface area contributed by atoms with Gasteiger partial charge in [-0.2, -0.15) is 0 Å². The minimum absolute atomic E-state index is 0.0209. The highest BCUT2D eigenvalue weighted by Gasteiger charge is 2.24. The first-order valence-electron chi connectivity index (χ1n) is 16.9. The summed E-state index contributed by atoms with van der Waals surface area (Å²) in [5.74, 6) is 0. The quantitative estimate of drug-likeness (QED) is 0.191. The van der Waals surface area contributed by atoms with Gasteiger partial charge in [-0.1, -0.05) is 152 Å². The van der Waals surface area contributed by atoms with Crippen LogP contribution in [0.25, 0.3) is 0 Å². The van der Waals surface area contributed by atoms with Crippen LogP contribution in [0, 0.1) is 0 Å². The van der Waals surface area contributed by atoms with E-state index in [-0.39, 0.29) is 11.5 Å². The second kappa shape index (κ2) is 19.3. The Morgan fingerprint density at radius 3 is 1.91 bits per heavy atom. The third kappa shape index (κ3) is 10.5. The van der Waals surface area contributed by atoms with Crippen molar-refractivity contribution < 1.29 is 0 Å². The number of nitrogens with zero attached hydrogens (tertiary/aromatic N) is 1. The first-order valence-corrected chi connectivity index (χ1v) is 16.9. The van der Waals surface area contributed by atoms with Crippen LogP contribution in [0.4, 0.5) is 0 Å². The molecule has 0 aromatic heterocycles. The minimum Gasteiger partial charge on any atom is -0.386 e. The summed E-state index contributed by atoms with van der Waals surface area (Å²) in [6.45, 7) is 24.5. The van der Waals surface area contributed by atoms with Gasteiger partial charge in [-0.15, -0.1) is 0 Å². The van der Waals surface area contributed by atoms with Gasteiger partial charge < -0.3 is 10.6 Å². The number of allylic oxidation sites excluding steroid dienone is 4. The lowest BCUT2D eigenvalue weighted by molar-refractivity contribution is 0.506. The Bertz CT molecular complexity index is 1380. The maximum atomic E-state index is 5.22. The summed E-state index contributed by atoms with van der Waals surface area (Å²) in [6.07, 6.45) is 9.24. The molecule has 0 bridgehead atoms. The fraction of sp³-hybridized carbons (Fsp3) is 0.357. The molecule has 3 heteroatoms. The minimum atomic E-state index is -0.0209. The second-order valence-electron chi connectivity index (χ2n) is 11.3. The molecule has 3 nitrogen and oxygen atoms in total. The third-order valence-corrected chi connectivity index (χ3v) is 8.07. The third-order valence-electron chi connectivity index (χ3n) is 8.07. The molecule has 0 saturated heterocycles. The van der Waals surface area contributed by atoms with Crippen LogP contribution in [0.1, 0.15) is 110 Å². The van der Waals surface area contributed by atoms with Crippen LogP contribution in [0.15, 0.2) is 137 Å². The van der Waals surface area contributed by atoms with E-state index in [0.29, 0.717) is 0 Å². The van der Waals surface area contributed by atoms with Gasteiger partial charge in [-0.05, 0) is 66.0 Å². The predicted octanol–water partition coefficient (Wildman–Crippen LogP) is 11.2. The summed E-state index contributed by atoms with van der Waals surface area (Å²) in [7, 11) is 0. The summed E-state index contributed by atoms with van der Waals surface area (Å²) in [4.78, 5) is 5.22. The molecule has 4 rings (SSSR count). The van der Waals surface area contributed by atoms with Gasteiger partial charge in [0.05, 0.1) is 23.1 Å². The molecule has 0 amide bonds. The van der Waals surface area contributed by atoms with Gasteiger partial charge in [-0.25, -0.2) is 0 Å². The number of benzene rings is 3. The van der Waals surface area contributed by atoms with Crippen molar-refractivity contribution in [3.05, 3.63) is 155 Å². The molecule has 45 heavy (non-hydrogen) atoms. The maximum Gasteiger partial charge on any atom is 0.0857 e. The smallest absolute Gasteiger partial charge is 0.0857 e. The highest BCUT2D eigenvalue weighted by atomic mass is 15.0. The highest BCUT2D eigenvalue weighted by molar-refractivity contribution is 6.04. The van der Waals surface area contributed by atoms with E-state index >= 15 is 0 Å². The monoisotopic (exact) mass is 603 g/mol. The van der Waals surface area contributed by atoms with E-state index < -0.39 is 0 Å². The summed E-state index contributed by atoms with van der Waals surface area (Å²) in [6, 6.07) is 30.1. The number of rotatable bonds is 13. The zero-order valence-corrected chi connectivity index (χ0v) is 29.4. The fourth-order valence-corrected chi connectivity index (χ4v) is 5.16. The Hall–Kier alpha value is -4.11. The summed E-state index contributed by atoms with van der Waals surface area (Å²) >= 11 is 0. The van der Waals surface area contributed by atoms with Crippen molar-refractivity contribution in [1.82, 2.24) is 10.6 Å². The van der Waals surface area contributed by atoms with Crippen molar-refractivity contribution in [2.24, 2.45) is 4.99 Å². The highest BCUT2D eigenvalue weighted by Crippen LogP contribution is 2.33. The molecule has 240 valence electrons. The van der Waals surface area contributed by atoms with Crippen molar-refractivity contribution in [2.45, 2.75) is 93.0 Å². The average Bonchev–Trinajstić information content (AvgIpc) is 3.53. The van der Waals surface area contributed by atoms with Crippen LogP contribution in [-0.4, -0.2) is 12.3 Å². The van der Waals surface area contributed by atoms with Gasteiger partial charge in [0, 0.05) is 18.7 Å². The van der Waals surface area contributed by atoms with E-state index in [0.717, 1.165) is 48.6 Å². The molecule has 0 saturated carbocycles.